The van der Waals surface area contributed by atoms with E-state index in [-0.39, 0.29) is 18.0 Å². The number of hydrogen-bond donors (Lipinski definition) is 1. The molecule has 1 aliphatic rings. The van der Waals surface area contributed by atoms with Gasteiger partial charge in [-0.15, -0.1) is 0 Å². The third kappa shape index (κ3) is 4.14. The van der Waals surface area contributed by atoms with E-state index in [1.165, 1.54) is 6.33 Å². The van der Waals surface area contributed by atoms with Crippen LogP contribution < -0.4 is 5.32 Å². The SMILES string of the molecule is CCOC(=O)N1CCC(NC(=O)c2cc(C)ncn2)CC1. The van der Waals surface area contributed by atoms with Crippen LogP contribution in [0.15, 0.2) is 12.4 Å². The number of nitrogens with one attached hydrogen (secondary N) is 1. The highest BCUT2D eigenvalue weighted by molar-refractivity contribution is 5.92. The number of nitrogens with zero attached hydrogens (tertiary/aromatic N) is 3. The third-order valence-electron chi connectivity index (χ3n) is 3.39. The number of carbonyl (C=O) groups excluding carboxylic acids is 2. The van der Waals surface area contributed by atoms with Crippen LogP contribution in [0.2, 0.25) is 0 Å². The van der Waals surface area contributed by atoms with E-state index >= 15 is 0 Å². The van der Waals surface area contributed by atoms with Gasteiger partial charge in [-0.2, -0.15) is 0 Å². The van der Waals surface area contributed by atoms with E-state index in [0.717, 1.165) is 5.69 Å². The fourth-order valence-corrected chi connectivity index (χ4v) is 2.26. The van der Waals surface area contributed by atoms with Gasteiger partial charge in [0.1, 0.15) is 12.0 Å². The first-order valence-electron chi connectivity index (χ1n) is 7.11. The molecule has 1 fully saturated rings. The first-order chi connectivity index (χ1) is 10.1. The Labute approximate surface area is 123 Å². The van der Waals surface area contributed by atoms with Crippen molar-refractivity contribution in [1.29, 1.82) is 0 Å². The fraction of sp³-hybridized carbons (Fsp3) is 0.571. The Kier molecular flexibility index (Phi) is 5.08. The predicted molar refractivity (Wildman–Crippen MR) is 75.9 cm³/mol. The van der Waals surface area contributed by atoms with E-state index in [1.54, 1.807) is 17.9 Å². The van der Waals surface area contributed by atoms with Crippen molar-refractivity contribution in [2.24, 2.45) is 0 Å². The topological polar surface area (TPSA) is 84.4 Å². The zero-order chi connectivity index (χ0) is 15.2. The summed E-state index contributed by atoms with van der Waals surface area (Å²) in [5, 5.41) is 2.95. The highest BCUT2D eigenvalue weighted by Gasteiger charge is 2.25. The molecule has 114 valence electrons. The molecular weight excluding hydrogens is 272 g/mol. The maximum absolute atomic E-state index is 12.1. The lowest BCUT2D eigenvalue weighted by atomic mass is 10.1. The molecule has 1 aromatic heterocycles. The monoisotopic (exact) mass is 292 g/mol. The molecule has 1 N–H and O–H groups in total. The van der Waals surface area contributed by atoms with Gasteiger partial charge in [0.25, 0.3) is 5.91 Å². The molecule has 0 atom stereocenters. The van der Waals surface area contributed by atoms with Crippen molar-refractivity contribution in [3.05, 3.63) is 23.8 Å². The summed E-state index contributed by atoms with van der Waals surface area (Å²) in [4.78, 5) is 33.3. The highest BCUT2D eigenvalue weighted by Crippen LogP contribution is 2.12. The van der Waals surface area contributed by atoms with Gasteiger partial charge in [-0.1, -0.05) is 0 Å². The van der Waals surface area contributed by atoms with Gasteiger partial charge in [0.15, 0.2) is 0 Å². The average molecular weight is 292 g/mol. The van der Waals surface area contributed by atoms with Crippen LogP contribution in [0.3, 0.4) is 0 Å². The molecule has 2 heterocycles. The van der Waals surface area contributed by atoms with Crippen molar-refractivity contribution in [3.63, 3.8) is 0 Å². The lowest BCUT2D eigenvalue weighted by Gasteiger charge is -2.31. The summed E-state index contributed by atoms with van der Waals surface area (Å²) in [6, 6.07) is 1.71. The minimum atomic E-state index is -0.284. The van der Waals surface area contributed by atoms with Gasteiger partial charge in [0, 0.05) is 24.8 Å². The van der Waals surface area contributed by atoms with Crippen LogP contribution in [0.4, 0.5) is 4.79 Å². The highest BCUT2D eigenvalue weighted by atomic mass is 16.6. The first-order valence-corrected chi connectivity index (χ1v) is 7.11. The zero-order valence-electron chi connectivity index (χ0n) is 12.3. The van der Waals surface area contributed by atoms with Crippen molar-refractivity contribution in [3.8, 4) is 0 Å². The van der Waals surface area contributed by atoms with Crippen molar-refractivity contribution in [2.45, 2.75) is 32.7 Å². The predicted octanol–water partition coefficient (Wildman–Crippen LogP) is 1.14. The molecule has 7 nitrogen and oxygen atoms in total. The largest absolute Gasteiger partial charge is 0.450 e. The third-order valence-corrected chi connectivity index (χ3v) is 3.39. The molecule has 0 unspecified atom stereocenters. The Morgan fingerprint density at radius 1 is 1.38 bits per heavy atom. The summed E-state index contributed by atoms with van der Waals surface area (Å²) in [7, 11) is 0. The van der Waals surface area contributed by atoms with E-state index in [0.29, 0.717) is 38.2 Å². The second-order valence-corrected chi connectivity index (χ2v) is 4.98. The number of aryl methyl sites for hydroxylation is 1. The molecule has 0 spiro atoms. The van der Waals surface area contributed by atoms with Crippen LogP contribution in [0.1, 0.15) is 35.9 Å². The Morgan fingerprint density at radius 3 is 2.71 bits per heavy atom. The number of aromatic nitrogens is 2. The quantitative estimate of drug-likeness (QED) is 0.903. The molecule has 0 saturated carbocycles. The normalized spacial score (nSPS) is 15.6. The van der Waals surface area contributed by atoms with Gasteiger partial charge < -0.3 is 15.0 Å². The molecule has 1 aliphatic heterocycles. The molecule has 2 amide bonds. The van der Waals surface area contributed by atoms with Crippen LogP contribution in [0.25, 0.3) is 0 Å². The van der Waals surface area contributed by atoms with Crippen molar-refractivity contribution in [2.75, 3.05) is 19.7 Å². The number of piperidine rings is 1. The lowest BCUT2D eigenvalue weighted by molar-refractivity contribution is 0.0856. The van der Waals surface area contributed by atoms with Crippen molar-refractivity contribution in [1.82, 2.24) is 20.2 Å². The van der Waals surface area contributed by atoms with E-state index < -0.39 is 0 Å². The molecule has 1 aromatic rings. The van der Waals surface area contributed by atoms with Gasteiger partial charge in [-0.05, 0) is 32.8 Å². The molecule has 0 bridgehead atoms. The number of likely N-dealkylation sites (tertiary alicyclic amines) is 1. The smallest absolute Gasteiger partial charge is 0.409 e. The lowest BCUT2D eigenvalue weighted by Crippen LogP contribution is -2.46. The summed E-state index contributed by atoms with van der Waals surface area (Å²) >= 11 is 0. The number of hydrogen-bond acceptors (Lipinski definition) is 5. The van der Waals surface area contributed by atoms with Gasteiger partial charge >= 0.3 is 6.09 Å². The Morgan fingerprint density at radius 2 is 2.10 bits per heavy atom. The maximum atomic E-state index is 12.1. The molecular formula is C14H20N4O3. The van der Waals surface area contributed by atoms with Crippen LogP contribution >= 0.6 is 0 Å². The summed E-state index contributed by atoms with van der Waals surface area (Å²) in [5.74, 6) is -0.199. The molecule has 0 radical (unpaired) electrons. The number of rotatable bonds is 3. The Balaban J connectivity index is 1.83. The standard InChI is InChI=1S/C14H20N4O3/c1-3-21-14(20)18-6-4-11(5-7-18)17-13(19)12-8-10(2)15-9-16-12/h8-9,11H,3-7H2,1-2H3,(H,17,19). The second kappa shape index (κ2) is 7.01. The fourth-order valence-electron chi connectivity index (χ4n) is 2.26. The summed E-state index contributed by atoms with van der Waals surface area (Å²) < 4.78 is 4.96. The summed E-state index contributed by atoms with van der Waals surface area (Å²) in [5.41, 5.74) is 1.13. The van der Waals surface area contributed by atoms with Gasteiger partial charge in [-0.3, -0.25) is 4.79 Å². The maximum Gasteiger partial charge on any atom is 0.409 e. The summed E-state index contributed by atoms with van der Waals surface area (Å²) in [6.07, 6.45) is 2.53. The molecule has 1 saturated heterocycles. The van der Waals surface area contributed by atoms with E-state index in [9.17, 15) is 9.59 Å². The van der Waals surface area contributed by atoms with Gasteiger partial charge in [0.2, 0.25) is 0 Å². The van der Waals surface area contributed by atoms with Crippen LogP contribution in [0, 0.1) is 6.92 Å². The molecule has 0 aromatic carbocycles. The molecule has 7 heteroatoms. The summed E-state index contributed by atoms with van der Waals surface area (Å²) in [6.45, 7) is 5.16. The van der Waals surface area contributed by atoms with Gasteiger partial charge in [-0.25, -0.2) is 14.8 Å². The second-order valence-electron chi connectivity index (χ2n) is 4.98. The molecule has 2 rings (SSSR count). The van der Waals surface area contributed by atoms with Crippen molar-refractivity contribution < 1.29 is 14.3 Å². The number of amides is 2. The molecule has 21 heavy (non-hydrogen) atoms. The molecule has 0 aliphatic carbocycles. The Bertz CT molecular complexity index is 513. The number of ether oxygens (including phenoxy) is 1. The average Bonchev–Trinajstić information content (AvgIpc) is 2.48. The van der Waals surface area contributed by atoms with E-state index in [2.05, 4.69) is 15.3 Å². The number of carbonyl (C=O) groups is 2. The Hall–Kier alpha value is -2.18. The van der Waals surface area contributed by atoms with E-state index in [1.807, 2.05) is 6.92 Å². The first kappa shape index (κ1) is 15.2. The van der Waals surface area contributed by atoms with E-state index in [4.69, 9.17) is 4.74 Å². The zero-order valence-corrected chi connectivity index (χ0v) is 12.3. The minimum absolute atomic E-state index is 0.0541. The van der Waals surface area contributed by atoms with Gasteiger partial charge in [0.05, 0.1) is 6.61 Å². The van der Waals surface area contributed by atoms with Crippen LogP contribution in [-0.2, 0) is 4.74 Å². The van der Waals surface area contributed by atoms with Crippen LogP contribution in [-0.4, -0.2) is 52.6 Å². The minimum Gasteiger partial charge on any atom is -0.450 e. The van der Waals surface area contributed by atoms with Crippen molar-refractivity contribution >= 4 is 12.0 Å². The van der Waals surface area contributed by atoms with Crippen LogP contribution in [0.5, 0.6) is 0 Å².